The van der Waals surface area contributed by atoms with Crippen molar-refractivity contribution >= 4 is 23.4 Å². The van der Waals surface area contributed by atoms with E-state index in [1.54, 1.807) is 17.0 Å². The van der Waals surface area contributed by atoms with E-state index in [1.165, 1.54) is 0 Å². The summed E-state index contributed by atoms with van der Waals surface area (Å²) in [5.41, 5.74) is 2.00. The second-order valence-corrected chi connectivity index (χ2v) is 7.40. The number of nitrogens with one attached hydrogen (secondary N) is 2. The van der Waals surface area contributed by atoms with Crippen molar-refractivity contribution in [1.29, 1.82) is 0 Å². The highest BCUT2D eigenvalue weighted by Crippen LogP contribution is 2.22. The van der Waals surface area contributed by atoms with E-state index < -0.39 is 0 Å². The number of aromatic nitrogens is 2. The lowest BCUT2D eigenvalue weighted by Gasteiger charge is -2.34. The van der Waals surface area contributed by atoms with E-state index in [0.29, 0.717) is 49.1 Å². The number of H-pyrrole nitrogens is 1. The SMILES string of the molecule is CC(C)NC(=O)CN1CCN(C(=O)c2cc(-c3cccc(Cl)c3)n[nH]2)CC1. The second-order valence-electron chi connectivity index (χ2n) is 6.97. The number of carbonyl (C=O) groups is 2. The van der Waals surface area contributed by atoms with Gasteiger partial charge in [0, 0.05) is 42.8 Å². The van der Waals surface area contributed by atoms with Gasteiger partial charge in [-0.25, -0.2) is 0 Å². The minimum atomic E-state index is -0.0814. The Kier molecular flexibility index (Phi) is 6.13. The molecule has 8 heteroatoms. The summed E-state index contributed by atoms with van der Waals surface area (Å²) >= 11 is 6.02. The van der Waals surface area contributed by atoms with E-state index in [9.17, 15) is 9.59 Å². The molecular formula is C19H24ClN5O2. The van der Waals surface area contributed by atoms with Gasteiger partial charge in [-0.1, -0.05) is 23.7 Å². The van der Waals surface area contributed by atoms with E-state index in [0.717, 1.165) is 5.56 Å². The number of halogens is 1. The standard InChI is InChI=1S/C19H24ClN5O2/c1-13(2)21-18(26)12-24-6-8-25(9-7-24)19(27)17-11-16(22-23-17)14-4-3-5-15(20)10-14/h3-5,10-11,13H,6-9,12H2,1-2H3,(H,21,26)(H,22,23). The van der Waals surface area contributed by atoms with Crippen LogP contribution < -0.4 is 5.32 Å². The van der Waals surface area contributed by atoms with Gasteiger partial charge < -0.3 is 10.2 Å². The number of piperazine rings is 1. The van der Waals surface area contributed by atoms with Gasteiger partial charge in [-0.05, 0) is 32.0 Å². The molecule has 7 nitrogen and oxygen atoms in total. The third kappa shape index (κ3) is 5.08. The largest absolute Gasteiger partial charge is 0.353 e. The fourth-order valence-corrected chi connectivity index (χ4v) is 3.27. The summed E-state index contributed by atoms with van der Waals surface area (Å²) in [5, 5.41) is 10.6. The number of amides is 2. The first-order valence-electron chi connectivity index (χ1n) is 9.04. The number of hydrogen-bond acceptors (Lipinski definition) is 4. The van der Waals surface area contributed by atoms with Crippen molar-refractivity contribution in [3.8, 4) is 11.3 Å². The quantitative estimate of drug-likeness (QED) is 0.819. The zero-order valence-electron chi connectivity index (χ0n) is 15.5. The molecule has 2 aromatic rings. The molecule has 0 saturated carbocycles. The molecule has 0 bridgehead atoms. The Hall–Kier alpha value is -2.38. The minimum Gasteiger partial charge on any atom is -0.353 e. The van der Waals surface area contributed by atoms with E-state index in [2.05, 4.69) is 20.4 Å². The van der Waals surface area contributed by atoms with E-state index in [1.807, 2.05) is 32.0 Å². The van der Waals surface area contributed by atoms with E-state index in [4.69, 9.17) is 11.6 Å². The van der Waals surface area contributed by atoms with Gasteiger partial charge >= 0.3 is 0 Å². The smallest absolute Gasteiger partial charge is 0.271 e. The highest BCUT2D eigenvalue weighted by atomic mass is 35.5. The summed E-state index contributed by atoms with van der Waals surface area (Å²) in [4.78, 5) is 28.4. The number of aromatic amines is 1. The van der Waals surface area contributed by atoms with Gasteiger partial charge in [0.1, 0.15) is 5.69 Å². The molecule has 1 aliphatic rings. The normalized spacial score (nSPS) is 15.2. The van der Waals surface area contributed by atoms with Gasteiger partial charge in [-0.15, -0.1) is 0 Å². The molecule has 1 aliphatic heterocycles. The zero-order chi connectivity index (χ0) is 19.4. The van der Waals surface area contributed by atoms with Crippen molar-refractivity contribution in [2.45, 2.75) is 19.9 Å². The van der Waals surface area contributed by atoms with Crippen molar-refractivity contribution in [3.05, 3.63) is 41.0 Å². The predicted molar refractivity (Wildman–Crippen MR) is 105 cm³/mol. The molecule has 0 unspecified atom stereocenters. The Bertz CT molecular complexity index is 812. The van der Waals surface area contributed by atoms with Crippen molar-refractivity contribution < 1.29 is 9.59 Å². The summed E-state index contributed by atoms with van der Waals surface area (Å²) in [7, 11) is 0. The maximum absolute atomic E-state index is 12.7. The average molecular weight is 390 g/mol. The molecule has 2 N–H and O–H groups in total. The molecule has 144 valence electrons. The lowest BCUT2D eigenvalue weighted by Crippen LogP contribution is -2.51. The van der Waals surface area contributed by atoms with Crippen LogP contribution in [0.5, 0.6) is 0 Å². The molecule has 2 amide bonds. The predicted octanol–water partition coefficient (Wildman–Crippen LogP) is 2.01. The van der Waals surface area contributed by atoms with Crippen molar-refractivity contribution in [3.63, 3.8) is 0 Å². The molecule has 2 heterocycles. The Morgan fingerprint density at radius 3 is 2.63 bits per heavy atom. The summed E-state index contributed by atoms with van der Waals surface area (Å²) in [6.07, 6.45) is 0. The molecule has 27 heavy (non-hydrogen) atoms. The highest BCUT2D eigenvalue weighted by Gasteiger charge is 2.24. The summed E-state index contributed by atoms with van der Waals surface area (Å²) in [6.45, 7) is 6.76. The molecule has 0 aliphatic carbocycles. The van der Waals surface area contributed by atoms with Crippen LogP contribution in [0.4, 0.5) is 0 Å². The fraction of sp³-hybridized carbons (Fsp3) is 0.421. The van der Waals surface area contributed by atoms with Crippen LogP contribution in [0.15, 0.2) is 30.3 Å². The maximum Gasteiger partial charge on any atom is 0.271 e. The molecule has 1 saturated heterocycles. The van der Waals surface area contributed by atoms with Crippen LogP contribution in [0, 0.1) is 0 Å². The summed E-state index contributed by atoms with van der Waals surface area (Å²) < 4.78 is 0. The maximum atomic E-state index is 12.7. The lowest BCUT2D eigenvalue weighted by molar-refractivity contribution is -0.123. The van der Waals surface area contributed by atoms with Crippen LogP contribution in [-0.4, -0.2) is 70.6 Å². The molecular weight excluding hydrogens is 366 g/mol. The van der Waals surface area contributed by atoms with Crippen LogP contribution in [0.3, 0.4) is 0 Å². The van der Waals surface area contributed by atoms with Crippen LogP contribution in [0.2, 0.25) is 5.02 Å². The molecule has 0 radical (unpaired) electrons. The highest BCUT2D eigenvalue weighted by molar-refractivity contribution is 6.30. The molecule has 0 spiro atoms. The monoisotopic (exact) mass is 389 g/mol. The third-order valence-corrected chi connectivity index (χ3v) is 4.64. The first-order valence-corrected chi connectivity index (χ1v) is 9.42. The van der Waals surface area contributed by atoms with E-state index in [-0.39, 0.29) is 17.9 Å². The minimum absolute atomic E-state index is 0.0181. The number of benzene rings is 1. The number of rotatable bonds is 5. The van der Waals surface area contributed by atoms with Gasteiger partial charge in [0.15, 0.2) is 0 Å². The topological polar surface area (TPSA) is 81.3 Å². The zero-order valence-corrected chi connectivity index (χ0v) is 16.3. The van der Waals surface area contributed by atoms with Crippen molar-refractivity contribution in [2.24, 2.45) is 0 Å². The van der Waals surface area contributed by atoms with Crippen molar-refractivity contribution in [2.75, 3.05) is 32.7 Å². The van der Waals surface area contributed by atoms with Gasteiger partial charge in [0.05, 0.1) is 12.2 Å². The average Bonchev–Trinajstić information content (AvgIpc) is 3.11. The third-order valence-electron chi connectivity index (χ3n) is 4.41. The van der Waals surface area contributed by atoms with Crippen LogP contribution in [-0.2, 0) is 4.79 Å². The Morgan fingerprint density at radius 1 is 1.22 bits per heavy atom. The van der Waals surface area contributed by atoms with Crippen LogP contribution >= 0.6 is 11.6 Å². The summed E-state index contributed by atoms with van der Waals surface area (Å²) in [5.74, 6) is -0.0634. The Morgan fingerprint density at radius 2 is 1.96 bits per heavy atom. The molecule has 1 aromatic heterocycles. The molecule has 1 aromatic carbocycles. The van der Waals surface area contributed by atoms with Gasteiger partial charge in [0.2, 0.25) is 5.91 Å². The van der Waals surface area contributed by atoms with Gasteiger partial charge in [-0.2, -0.15) is 5.10 Å². The Labute approximate surface area is 163 Å². The lowest BCUT2D eigenvalue weighted by atomic mass is 10.1. The molecule has 3 rings (SSSR count). The first-order chi connectivity index (χ1) is 12.9. The number of carbonyl (C=O) groups excluding carboxylic acids is 2. The number of hydrogen-bond donors (Lipinski definition) is 2. The fourth-order valence-electron chi connectivity index (χ4n) is 3.08. The first kappa shape index (κ1) is 19.4. The van der Waals surface area contributed by atoms with Crippen LogP contribution in [0.1, 0.15) is 24.3 Å². The number of nitrogens with zero attached hydrogens (tertiary/aromatic N) is 3. The molecule has 0 atom stereocenters. The van der Waals surface area contributed by atoms with E-state index >= 15 is 0 Å². The molecule has 1 fully saturated rings. The second kappa shape index (κ2) is 8.54. The summed E-state index contributed by atoms with van der Waals surface area (Å²) in [6, 6.07) is 9.24. The van der Waals surface area contributed by atoms with Gasteiger partial charge in [-0.3, -0.25) is 19.6 Å². The van der Waals surface area contributed by atoms with Gasteiger partial charge in [0.25, 0.3) is 5.91 Å². The van der Waals surface area contributed by atoms with Crippen molar-refractivity contribution in [1.82, 2.24) is 25.3 Å². The Balaban J connectivity index is 1.56. The van der Waals surface area contributed by atoms with Crippen LogP contribution in [0.25, 0.3) is 11.3 Å².